The van der Waals surface area contributed by atoms with Crippen LogP contribution in [0.1, 0.15) is 51.5 Å². The van der Waals surface area contributed by atoms with Crippen molar-refractivity contribution >= 4 is 11.6 Å². The minimum Gasteiger partial charge on any atom is -0.390 e. The van der Waals surface area contributed by atoms with E-state index in [-0.39, 0.29) is 5.02 Å². The number of benzene rings is 1. The first-order valence-electron chi connectivity index (χ1n) is 7.54. The molecule has 0 heterocycles. The second-order valence-electron chi connectivity index (χ2n) is 6.74. The minimum absolute atomic E-state index is 0.141. The monoisotopic (exact) mass is 298 g/mol. The van der Waals surface area contributed by atoms with Crippen LogP contribution in [0.3, 0.4) is 0 Å². The standard InChI is InChI=1S/C17H24ClFO/c1-12(2)8-13-4-3-7-17(20,10-13)11-14-5-6-15(18)16(19)9-14/h5-6,9,12-13,20H,3-4,7-8,10-11H2,1-2H3. The Labute approximate surface area is 126 Å². The van der Waals surface area contributed by atoms with Gasteiger partial charge in [-0.25, -0.2) is 4.39 Å². The van der Waals surface area contributed by atoms with E-state index in [1.165, 1.54) is 12.5 Å². The van der Waals surface area contributed by atoms with E-state index in [9.17, 15) is 9.50 Å². The fourth-order valence-electron chi connectivity index (χ4n) is 3.52. The fourth-order valence-corrected chi connectivity index (χ4v) is 3.64. The molecule has 2 rings (SSSR count). The van der Waals surface area contributed by atoms with Gasteiger partial charge in [0.1, 0.15) is 5.82 Å². The van der Waals surface area contributed by atoms with Crippen molar-refractivity contribution in [3.63, 3.8) is 0 Å². The summed E-state index contributed by atoms with van der Waals surface area (Å²) in [6.07, 6.45) is 5.59. The molecule has 20 heavy (non-hydrogen) atoms. The van der Waals surface area contributed by atoms with E-state index in [1.807, 2.05) is 6.07 Å². The lowest BCUT2D eigenvalue weighted by atomic mass is 9.73. The summed E-state index contributed by atoms with van der Waals surface area (Å²) < 4.78 is 13.5. The van der Waals surface area contributed by atoms with Gasteiger partial charge in [0.25, 0.3) is 0 Å². The molecule has 0 spiro atoms. The molecular formula is C17H24ClFO. The smallest absolute Gasteiger partial charge is 0.142 e. The highest BCUT2D eigenvalue weighted by atomic mass is 35.5. The molecule has 3 heteroatoms. The molecule has 112 valence electrons. The summed E-state index contributed by atoms with van der Waals surface area (Å²) in [4.78, 5) is 0. The maximum Gasteiger partial charge on any atom is 0.142 e. The largest absolute Gasteiger partial charge is 0.390 e. The Balaban J connectivity index is 2.04. The summed E-state index contributed by atoms with van der Waals surface area (Å²) >= 11 is 5.70. The average molecular weight is 299 g/mol. The van der Waals surface area contributed by atoms with Crippen molar-refractivity contribution in [2.24, 2.45) is 11.8 Å². The molecule has 1 aromatic rings. The molecule has 0 bridgehead atoms. The van der Waals surface area contributed by atoms with E-state index in [0.717, 1.165) is 31.2 Å². The molecule has 0 aliphatic heterocycles. The van der Waals surface area contributed by atoms with E-state index in [1.54, 1.807) is 6.07 Å². The van der Waals surface area contributed by atoms with Crippen LogP contribution in [0.2, 0.25) is 5.02 Å². The van der Waals surface area contributed by atoms with Crippen LogP contribution in [0.4, 0.5) is 4.39 Å². The van der Waals surface area contributed by atoms with Crippen LogP contribution in [0, 0.1) is 17.7 Å². The van der Waals surface area contributed by atoms with Crippen LogP contribution in [0.5, 0.6) is 0 Å². The first-order chi connectivity index (χ1) is 9.38. The molecular weight excluding hydrogens is 275 g/mol. The van der Waals surface area contributed by atoms with Crippen LogP contribution in [0.15, 0.2) is 18.2 Å². The van der Waals surface area contributed by atoms with Gasteiger partial charge in [0, 0.05) is 6.42 Å². The minimum atomic E-state index is -0.682. The molecule has 1 N–H and O–H groups in total. The van der Waals surface area contributed by atoms with Crippen LogP contribution >= 0.6 is 11.6 Å². The van der Waals surface area contributed by atoms with Crippen molar-refractivity contribution in [2.45, 2.75) is 58.0 Å². The third-order valence-corrected chi connectivity index (χ3v) is 4.55. The van der Waals surface area contributed by atoms with E-state index < -0.39 is 11.4 Å². The molecule has 0 saturated heterocycles. The van der Waals surface area contributed by atoms with Gasteiger partial charge in [-0.1, -0.05) is 44.4 Å². The third-order valence-electron chi connectivity index (χ3n) is 4.25. The zero-order valence-corrected chi connectivity index (χ0v) is 13.1. The molecule has 1 aliphatic carbocycles. The molecule has 0 radical (unpaired) electrons. The molecule has 1 nitrogen and oxygen atoms in total. The molecule has 1 fully saturated rings. The Hall–Kier alpha value is -0.600. The zero-order chi connectivity index (χ0) is 14.8. The molecule has 1 saturated carbocycles. The van der Waals surface area contributed by atoms with Crippen LogP contribution in [-0.2, 0) is 6.42 Å². The topological polar surface area (TPSA) is 20.2 Å². The van der Waals surface area contributed by atoms with Gasteiger partial charge in [-0.2, -0.15) is 0 Å². The predicted molar refractivity (Wildman–Crippen MR) is 81.5 cm³/mol. The first-order valence-corrected chi connectivity index (χ1v) is 7.92. The Morgan fingerprint density at radius 1 is 1.45 bits per heavy atom. The number of rotatable bonds is 4. The van der Waals surface area contributed by atoms with Gasteiger partial charge >= 0.3 is 0 Å². The summed E-state index contributed by atoms with van der Waals surface area (Å²) in [5.74, 6) is 0.850. The van der Waals surface area contributed by atoms with Crippen molar-refractivity contribution in [1.82, 2.24) is 0 Å². The van der Waals surface area contributed by atoms with Gasteiger partial charge in [-0.05, 0) is 48.8 Å². The molecule has 0 aromatic heterocycles. The number of hydrogen-bond donors (Lipinski definition) is 1. The van der Waals surface area contributed by atoms with E-state index >= 15 is 0 Å². The lowest BCUT2D eigenvalue weighted by molar-refractivity contribution is -0.0189. The quantitative estimate of drug-likeness (QED) is 0.830. The first kappa shape index (κ1) is 15.8. The average Bonchev–Trinajstić information content (AvgIpc) is 2.32. The third kappa shape index (κ3) is 4.20. The van der Waals surface area contributed by atoms with Crippen LogP contribution in [0.25, 0.3) is 0 Å². The molecule has 2 atom stereocenters. The highest BCUT2D eigenvalue weighted by molar-refractivity contribution is 6.30. The Kier molecular flexibility index (Phi) is 5.09. The van der Waals surface area contributed by atoms with Gasteiger partial charge in [0.05, 0.1) is 10.6 Å². The fraction of sp³-hybridized carbons (Fsp3) is 0.647. The number of aliphatic hydroxyl groups is 1. The highest BCUT2D eigenvalue weighted by Crippen LogP contribution is 2.38. The van der Waals surface area contributed by atoms with Crippen molar-refractivity contribution in [2.75, 3.05) is 0 Å². The summed E-state index contributed by atoms with van der Waals surface area (Å²) in [5, 5.41) is 11.0. The molecule has 2 unspecified atom stereocenters. The van der Waals surface area contributed by atoms with E-state index in [0.29, 0.717) is 18.3 Å². The van der Waals surface area contributed by atoms with Gasteiger partial charge in [0.2, 0.25) is 0 Å². The maximum absolute atomic E-state index is 13.5. The predicted octanol–water partition coefficient (Wildman–Crippen LogP) is 4.99. The van der Waals surface area contributed by atoms with Crippen molar-refractivity contribution in [1.29, 1.82) is 0 Å². The van der Waals surface area contributed by atoms with E-state index in [2.05, 4.69) is 13.8 Å². The lowest BCUT2D eigenvalue weighted by Gasteiger charge is -2.37. The number of halogens is 2. The maximum atomic E-state index is 13.5. The van der Waals surface area contributed by atoms with Crippen molar-refractivity contribution in [3.05, 3.63) is 34.6 Å². The van der Waals surface area contributed by atoms with Crippen molar-refractivity contribution in [3.8, 4) is 0 Å². The van der Waals surface area contributed by atoms with Crippen molar-refractivity contribution < 1.29 is 9.50 Å². The Morgan fingerprint density at radius 2 is 2.20 bits per heavy atom. The van der Waals surface area contributed by atoms with Gasteiger partial charge in [-0.3, -0.25) is 0 Å². The zero-order valence-electron chi connectivity index (χ0n) is 12.3. The second-order valence-corrected chi connectivity index (χ2v) is 7.15. The van der Waals surface area contributed by atoms with Gasteiger partial charge < -0.3 is 5.11 Å². The Morgan fingerprint density at radius 3 is 2.85 bits per heavy atom. The summed E-state index contributed by atoms with van der Waals surface area (Å²) in [6, 6.07) is 4.84. The van der Waals surface area contributed by atoms with Gasteiger partial charge in [0.15, 0.2) is 0 Å². The molecule has 0 amide bonds. The lowest BCUT2D eigenvalue weighted by Crippen LogP contribution is -2.37. The molecule has 1 aromatic carbocycles. The normalized spacial score (nSPS) is 27.0. The summed E-state index contributed by atoms with van der Waals surface area (Å²) in [7, 11) is 0. The van der Waals surface area contributed by atoms with Crippen LogP contribution in [-0.4, -0.2) is 10.7 Å². The van der Waals surface area contributed by atoms with E-state index in [4.69, 9.17) is 11.6 Å². The number of hydrogen-bond acceptors (Lipinski definition) is 1. The SMILES string of the molecule is CC(C)CC1CCCC(O)(Cc2ccc(Cl)c(F)c2)C1. The summed E-state index contributed by atoms with van der Waals surface area (Å²) in [6.45, 7) is 4.45. The highest BCUT2D eigenvalue weighted by Gasteiger charge is 2.34. The van der Waals surface area contributed by atoms with Crippen LogP contribution < -0.4 is 0 Å². The Bertz CT molecular complexity index is 460. The summed E-state index contributed by atoms with van der Waals surface area (Å²) in [5.41, 5.74) is 0.150. The molecule has 1 aliphatic rings. The van der Waals surface area contributed by atoms with Gasteiger partial charge in [-0.15, -0.1) is 0 Å². The second kappa shape index (κ2) is 6.44.